The molecule has 0 aromatic heterocycles. The zero-order valence-electron chi connectivity index (χ0n) is 61.0. The van der Waals surface area contributed by atoms with Crippen LogP contribution in [0.4, 0.5) is 0 Å². The van der Waals surface area contributed by atoms with Gasteiger partial charge in [-0.15, -0.1) is 0 Å². The van der Waals surface area contributed by atoms with Gasteiger partial charge in [-0.25, -0.2) is 0 Å². The number of ether oxygens (including phenoxy) is 4. The highest BCUT2D eigenvalue weighted by Crippen LogP contribution is 2.16. The van der Waals surface area contributed by atoms with Crippen LogP contribution in [0.3, 0.4) is 0 Å². The Hall–Kier alpha value is -5.87. The van der Waals surface area contributed by atoms with Crippen LogP contribution in [-0.4, -0.2) is 82.3 Å². The number of carboxylic acid groups (broad SMARTS) is 1. The van der Waals surface area contributed by atoms with E-state index in [1.165, 1.54) is 103 Å². The van der Waals surface area contributed by atoms with Gasteiger partial charge in [-0.3, -0.25) is 9.59 Å². The lowest BCUT2D eigenvalue weighted by molar-refractivity contribution is -0.870. The molecule has 0 aliphatic rings. The molecule has 534 valence electrons. The summed E-state index contributed by atoms with van der Waals surface area (Å²) in [4.78, 5) is 37.5. The van der Waals surface area contributed by atoms with Gasteiger partial charge in [0, 0.05) is 12.8 Å². The topological polar surface area (TPSA) is 111 Å². The zero-order valence-corrected chi connectivity index (χ0v) is 61.0. The van der Waals surface area contributed by atoms with Gasteiger partial charge in [0.25, 0.3) is 0 Å². The molecule has 0 amide bonds. The molecule has 9 heteroatoms. The van der Waals surface area contributed by atoms with E-state index < -0.39 is 24.3 Å². The van der Waals surface area contributed by atoms with Crippen molar-refractivity contribution in [3.8, 4) is 0 Å². The molecule has 0 radical (unpaired) electrons. The molecule has 9 nitrogen and oxygen atoms in total. The Morgan fingerprint density at radius 2 is 0.568 bits per heavy atom. The second kappa shape index (κ2) is 73.9. The van der Waals surface area contributed by atoms with Crippen molar-refractivity contribution >= 4 is 17.9 Å². The Bertz CT molecular complexity index is 2270. The van der Waals surface area contributed by atoms with Crippen molar-refractivity contribution in [2.75, 3.05) is 47.5 Å². The minimum absolute atomic E-state index is 0.130. The molecule has 0 aromatic rings. The molecule has 0 spiro atoms. The molecular weight excluding hydrogens is 1170 g/mol. The normalized spacial score (nSPS) is 13.8. The molecule has 2 unspecified atom stereocenters. The molecule has 0 saturated heterocycles. The fraction of sp³-hybridized carbons (Fsp3) is 0.593. The van der Waals surface area contributed by atoms with Crippen LogP contribution in [0.2, 0.25) is 0 Å². The highest BCUT2D eigenvalue weighted by atomic mass is 16.7. The molecule has 95 heavy (non-hydrogen) atoms. The van der Waals surface area contributed by atoms with Crippen molar-refractivity contribution in [3.63, 3.8) is 0 Å². The van der Waals surface area contributed by atoms with Crippen LogP contribution in [0.25, 0.3) is 0 Å². The van der Waals surface area contributed by atoms with Crippen molar-refractivity contribution < 1.29 is 42.9 Å². The molecule has 0 aliphatic carbocycles. The second-order valence-corrected chi connectivity index (χ2v) is 25.5. The number of unbranched alkanes of at least 4 members (excludes halogenated alkanes) is 20. The quantitative estimate of drug-likeness (QED) is 0.0195. The fourth-order valence-electron chi connectivity index (χ4n) is 9.69. The first-order valence-corrected chi connectivity index (χ1v) is 37.6. The van der Waals surface area contributed by atoms with E-state index in [2.05, 4.69) is 208 Å². The van der Waals surface area contributed by atoms with Crippen molar-refractivity contribution in [2.24, 2.45) is 0 Å². The first kappa shape index (κ1) is 89.1. The van der Waals surface area contributed by atoms with E-state index in [9.17, 15) is 19.5 Å². The maximum absolute atomic E-state index is 12.9. The number of hydrogen-bond acceptors (Lipinski definition) is 8. The van der Waals surface area contributed by atoms with Crippen LogP contribution in [-0.2, 0) is 33.3 Å². The highest BCUT2D eigenvalue weighted by Gasteiger charge is 2.22. The Morgan fingerprint density at radius 1 is 0.316 bits per heavy atom. The molecule has 0 bridgehead atoms. The Kier molecular flexibility index (Phi) is 69.4. The van der Waals surface area contributed by atoms with E-state index >= 15 is 0 Å². The third-order valence-corrected chi connectivity index (χ3v) is 15.3. The van der Waals surface area contributed by atoms with E-state index in [4.69, 9.17) is 18.9 Å². The number of carbonyl (C=O) groups is 3. The summed E-state index contributed by atoms with van der Waals surface area (Å²) in [5, 5.41) is 11.8. The highest BCUT2D eigenvalue weighted by molar-refractivity contribution is 5.70. The van der Waals surface area contributed by atoms with Gasteiger partial charge in [0.15, 0.2) is 12.4 Å². The lowest BCUT2D eigenvalue weighted by Gasteiger charge is -2.26. The predicted molar refractivity (Wildman–Crippen MR) is 407 cm³/mol. The SMILES string of the molecule is CC/C=C\C/C=C\C/C=C\C/C=C\C/C=C\C/C=C\C/C=C\C/C=C\C/C=C\C/C=C\C/C=C\C/C=C\CCCCC(=O)OC(COC(=O)CCCCCCCCCCCCCCCCCCCC/C=C\C/C=C\C/C=C\C/C=C\CC)COC(OCC[N+](C)(C)C)C(=O)[O-]. The third-order valence-electron chi connectivity index (χ3n) is 15.3. The van der Waals surface area contributed by atoms with Gasteiger partial charge in [-0.2, -0.15) is 0 Å². The summed E-state index contributed by atoms with van der Waals surface area (Å²) >= 11 is 0. The largest absolute Gasteiger partial charge is 0.545 e. The summed E-state index contributed by atoms with van der Waals surface area (Å²) in [6, 6.07) is 0. The Balaban J connectivity index is 4.22. The second-order valence-electron chi connectivity index (χ2n) is 25.5. The van der Waals surface area contributed by atoms with E-state index in [0.29, 0.717) is 17.4 Å². The summed E-state index contributed by atoms with van der Waals surface area (Å²) in [5.74, 6) is -2.36. The summed E-state index contributed by atoms with van der Waals surface area (Å²) in [7, 11) is 5.91. The maximum Gasteiger partial charge on any atom is 0.306 e. The summed E-state index contributed by atoms with van der Waals surface area (Å²) in [5.41, 5.74) is 0. The number of hydrogen-bond donors (Lipinski definition) is 0. The van der Waals surface area contributed by atoms with E-state index in [1.807, 2.05) is 21.1 Å². The first-order chi connectivity index (χ1) is 46.6. The molecule has 0 heterocycles. The van der Waals surface area contributed by atoms with Crippen molar-refractivity contribution in [1.82, 2.24) is 0 Å². The number of quaternary nitrogens is 1. The van der Waals surface area contributed by atoms with Gasteiger partial charge in [0.05, 0.1) is 40.3 Å². The van der Waals surface area contributed by atoms with Gasteiger partial charge < -0.3 is 33.3 Å². The van der Waals surface area contributed by atoms with Gasteiger partial charge in [-0.1, -0.05) is 311 Å². The van der Waals surface area contributed by atoms with Crippen molar-refractivity contribution in [3.05, 3.63) is 194 Å². The molecule has 0 saturated carbocycles. The number of carbonyl (C=O) groups excluding carboxylic acids is 3. The third kappa shape index (κ3) is 75.4. The van der Waals surface area contributed by atoms with Gasteiger partial charge >= 0.3 is 11.9 Å². The number of likely N-dealkylation sites (N-methyl/N-ethyl adjacent to an activating group) is 1. The zero-order chi connectivity index (χ0) is 69.0. The molecule has 0 N–H and O–H groups in total. The van der Waals surface area contributed by atoms with Crippen LogP contribution in [0.15, 0.2) is 194 Å². The predicted octanol–water partition coefficient (Wildman–Crippen LogP) is 22.8. The minimum Gasteiger partial charge on any atom is -0.545 e. The molecule has 0 aliphatic heterocycles. The van der Waals surface area contributed by atoms with Gasteiger partial charge in [0.1, 0.15) is 13.2 Å². The van der Waals surface area contributed by atoms with Crippen LogP contribution in [0.5, 0.6) is 0 Å². The van der Waals surface area contributed by atoms with Crippen molar-refractivity contribution in [2.45, 2.75) is 283 Å². The van der Waals surface area contributed by atoms with E-state index in [0.717, 1.165) is 135 Å². The molecule has 0 fully saturated rings. The van der Waals surface area contributed by atoms with Gasteiger partial charge in [0.2, 0.25) is 0 Å². The molecule has 2 atom stereocenters. The number of aliphatic carboxylic acids is 1. The molecule has 0 rings (SSSR count). The average Bonchev–Trinajstić information content (AvgIpc) is 2.92. The summed E-state index contributed by atoms with van der Waals surface area (Å²) in [6.07, 6.45) is 111. The molecular formula is C86H137NO8. The fourth-order valence-corrected chi connectivity index (χ4v) is 9.69. The molecule has 0 aromatic carbocycles. The summed E-state index contributed by atoms with van der Waals surface area (Å²) in [6.45, 7) is 4.46. The number of allylic oxidation sites excluding steroid dienone is 32. The van der Waals surface area contributed by atoms with Crippen LogP contribution in [0, 0.1) is 0 Å². The monoisotopic (exact) mass is 1310 g/mol. The minimum atomic E-state index is -1.65. The smallest absolute Gasteiger partial charge is 0.306 e. The van der Waals surface area contributed by atoms with E-state index in [1.54, 1.807) is 0 Å². The number of esters is 2. The number of carboxylic acids is 1. The van der Waals surface area contributed by atoms with Gasteiger partial charge in [-0.05, 0) is 141 Å². The lowest BCUT2D eigenvalue weighted by atomic mass is 10.0. The lowest BCUT2D eigenvalue weighted by Crippen LogP contribution is -2.44. The first-order valence-electron chi connectivity index (χ1n) is 37.6. The maximum atomic E-state index is 12.9. The van der Waals surface area contributed by atoms with Crippen LogP contribution in [0.1, 0.15) is 271 Å². The van der Waals surface area contributed by atoms with Crippen LogP contribution >= 0.6 is 0 Å². The Labute approximate surface area is 582 Å². The average molecular weight is 1310 g/mol. The Morgan fingerprint density at radius 3 is 0.863 bits per heavy atom. The number of nitrogens with zero attached hydrogens (tertiary/aromatic N) is 1. The van der Waals surface area contributed by atoms with Crippen molar-refractivity contribution in [1.29, 1.82) is 0 Å². The van der Waals surface area contributed by atoms with E-state index in [-0.39, 0.29) is 38.6 Å². The van der Waals surface area contributed by atoms with Crippen LogP contribution < -0.4 is 5.11 Å². The standard InChI is InChI=1S/C86H137NO8/c1-6-8-10-12-14-16-18-20-22-24-26-28-30-32-34-36-38-39-40-41-42-43-44-45-47-49-51-53-55-57-59-61-63-65-67-69-71-73-75-77-84(89)95-82(81-94-86(85(90)91)92-79-78-87(3,4)5)80-93-83(88)76-74-72-70-68-66-64-62-60-58-56-54-52-50-48-46-37-35-33-31-29-27-25-23-21-19-17-15-13-11-9-7-2/h8-11,14-17,20-23,26-29,32,34,38-39,41-42,44-45,49,51,55,57,61,63,67,69,82,86H,6-7,12-13,18-19,24-25,30-31,33,35-37,40,43,46-48,50,52-54,56,58-60,62,64-66,68,70-81H2,1-5H3/b10-8-,11-9-,16-14-,17-15-,22-20-,23-21-,28-26-,29-27-,34-32-,39-38-,42-41-,45-44-,51-49-,57-55-,63-61-,69-67-. The summed E-state index contributed by atoms with van der Waals surface area (Å²) < 4.78 is 22.8. The number of rotatable bonds is 67.